The molecule has 0 fully saturated rings. The van der Waals surface area contributed by atoms with E-state index < -0.39 is 5.54 Å². The molecule has 0 radical (unpaired) electrons. The number of nitrogens with one attached hydrogen (secondary N) is 1. The maximum atomic E-state index is 3.91. The molecule has 4 rings (SSSR count). The Hall–Kier alpha value is -3.32. The van der Waals surface area contributed by atoms with Crippen LogP contribution in [0.15, 0.2) is 109 Å². The molecule has 0 aliphatic rings. The highest BCUT2D eigenvalue weighted by molar-refractivity contribution is 5.61. The van der Waals surface area contributed by atoms with E-state index in [2.05, 4.69) is 128 Å². The summed E-state index contributed by atoms with van der Waals surface area (Å²) in [6.45, 7) is 4.31. The van der Waals surface area contributed by atoms with E-state index >= 15 is 0 Å². The van der Waals surface area contributed by atoms with Crippen molar-refractivity contribution in [1.82, 2.24) is 0 Å². The van der Waals surface area contributed by atoms with Crippen LogP contribution < -0.4 is 5.32 Å². The van der Waals surface area contributed by atoms with Gasteiger partial charge in [-0.2, -0.15) is 0 Å². The van der Waals surface area contributed by atoms with Crippen LogP contribution in [0.1, 0.15) is 27.8 Å². The zero-order valence-corrected chi connectivity index (χ0v) is 16.4. The lowest BCUT2D eigenvalue weighted by molar-refractivity contribution is 0.711. The van der Waals surface area contributed by atoms with Crippen LogP contribution in [0.5, 0.6) is 0 Å². The predicted molar refractivity (Wildman–Crippen MR) is 119 cm³/mol. The van der Waals surface area contributed by atoms with Crippen molar-refractivity contribution in [3.05, 3.63) is 137 Å². The van der Waals surface area contributed by atoms with Crippen LogP contribution >= 0.6 is 0 Å². The van der Waals surface area contributed by atoms with Crippen molar-refractivity contribution in [1.29, 1.82) is 0 Å². The number of benzene rings is 4. The van der Waals surface area contributed by atoms with Crippen LogP contribution in [0.4, 0.5) is 5.69 Å². The minimum Gasteiger partial charge on any atom is -0.368 e. The summed E-state index contributed by atoms with van der Waals surface area (Å²) in [5.74, 6) is 0. The van der Waals surface area contributed by atoms with Gasteiger partial charge in [-0.05, 0) is 53.8 Å². The molecule has 1 N–H and O–H groups in total. The maximum Gasteiger partial charge on any atom is 0.114 e. The second-order valence-electron chi connectivity index (χ2n) is 7.27. The number of anilines is 1. The molecule has 1 heteroatoms. The average Bonchev–Trinajstić information content (AvgIpc) is 2.76. The second-order valence-corrected chi connectivity index (χ2v) is 7.27. The van der Waals surface area contributed by atoms with Gasteiger partial charge in [0.1, 0.15) is 5.54 Å². The molecule has 0 amide bonds. The van der Waals surface area contributed by atoms with Crippen molar-refractivity contribution in [2.24, 2.45) is 0 Å². The third-order valence-corrected chi connectivity index (χ3v) is 5.46. The molecule has 28 heavy (non-hydrogen) atoms. The Morgan fingerprint density at radius 1 is 0.500 bits per heavy atom. The van der Waals surface area contributed by atoms with Gasteiger partial charge in [-0.15, -0.1) is 0 Å². The van der Waals surface area contributed by atoms with Crippen molar-refractivity contribution >= 4 is 5.69 Å². The van der Waals surface area contributed by atoms with Crippen molar-refractivity contribution in [2.45, 2.75) is 19.4 Å². The van der Waals surface area contributed by atoms with Gasteiger partial charge in [-0.25, -0.2) is 0 Å². The van der Waals surface area contributed by atoms with Gasteiger partial charge in [-0.1, -0.05) is 97.1 Å². The van der Waals surface area contributed by atoms with E-state index in [0.29, 0.717) is 0 Å². The normalized spacial score (nSPS) is 11.2. The fourth-order valence-corrected chi connectivity index (χ4v) is 3.82. The van der Waals surface area contributed by atoms with Gasteiger partial charge in [0.25, 0.3) is 0 Å². The number of rotatable bonds is 5. The lowest BCUT2D eigenvalue weighted by Crippen LogP contribution is -2.38. The lowest BCUT2D eigenvalue weighted by Gasteiger charge is -2.38. The summed E-state index contributed by atoms with van der Waals surface area (Å²) in [7, 11) is 0. The van der Waals surface area contributed by atoms with Crippen molar-refractivity contribution < 1.29 is 0 Å². The third kappa shape index (κ3) is 3.32. The molecule has 0 aromatic heterocycles. The van der Waals surface area contributed by atoms with Crippen LogP contribution in [0, 0.1) is 13.8 Å². The van der Waals surface area contributed by atoms with Crippen LogP contribution in [0.3, 0.4) is 0 Å². The topological polar surface area (TPSA) is 12.0 Å². The van der Waals surface area contributed by atoms with Gasteiger partial charge < -0.3 is 5.32 Å². The minimum absolute atomic E-state index is 0.481. The first-order valence-corrected chi connectivity index (χ1v) is 9.72. The van der Waals surface area contributed by atoms with Crippen molar-refractivity contribution in [2.75, 3.05) is 5.32 Å². The first-order chi connectivity index (χ1) is 13.7. The molecule has 4 aromatic rings. The Labute approximate surface area is 167 Å². The van der Waals surface area contributed by atoms with Gasteiger partial charge in [-0.3, -0.25) is 0 Å². The zero-order valence-electron chi connectivity index (χ0n) is 16.4. The molecule has 0 unspecified atom stereocenters. The molecule has 0 aliphatic heterocycles. The van der Waals surface area contributed by atoms with Gasteiger partial charge in [0.15, 0.2) is 0 Å². The summed E-state index contributed by atoms with van der Waals surface area (Å²) in [6, 6.07) is 38.7. The standard InChI is InChI=1S/C27H25N/c1-21-18-19-26(20-22(21)2)28-27(23-12-6-3-7-13-23,24-14-8-4-9-15-24)25-16-10-5-11-17-25/h3-20,28H,1-2H3. The maximum absolute atomic E-state index is 3.91. The summed E-state index contributed by atoms with van der Waals surface area (Å²) in [4.78, 5) is 0. The molecule has 0 spiro atoms. The third-order valence-electron chi connectivity index (χ3n) is 5.46. The highest BCUT2D eigenvalue weighted by Crippen LogP contribution is 2.40. The molecule has 138 valence electrons. The molecule has 0 aliphatic carbocycles. The van der Waals surface area contributed by atoms with Crippen molar-refractivity contribution in [3.8, 4) is 0 Å². The smallest absolute Gasteiger partial charge is 0.114 e. The molecule has 4 aromatic carbocycles. The Kier molecular flexibility index (Phi) is 4.99. The second kappa shape index (κ2) is 7.74. The Bertz CT molecular complexity index is 941. The van der Waals surface area contributed by atoms with Crippen LogP contribution in [0.2, 0.25) is 0 Å². The van der Waals surface area contributed by atoms with Gasteiger partial charge in [0, 0.05) is 5.69 Å². The summed E-state index contributed by atoms with van der Waals surface area (Å²) < 4.78 is 0. The van der Waals surface area contributed by atoms with Crippen LogP contribution in [-0.2, 0) is 5.54 Å². The molecular weight excluding hydrogens is 338 g/mol. The number of hydrogen-bond acceptors (Lipinski definition) is 1. The first-order valence-electron chi connectivity index (χ1n) is 9.72. The molecule has 0 heterocycles. The highest BCUT2D eigenvalue weighted by Gasteiger charge is 2.36. The van der Waals surface area contributed by atoms with E-state index in [-0.39, 0.29) is 0 Å². The fourth-order valence-electron chi connectivity index (χ4n) is 3.82. The van der Waals surface area contributed by atoms with E-state index in [0.717, 1.165) is 5.69 Å². The summed E-state index contributed by atoms with van der Waals surface area (Å²) in [5, 5.41) is 3.91. The molecular formula is C27H25N. The predicted octanol–water partition coefficient (Wildman–Crippen LogP) is 6.71. The molecule has 1 nitrogen and oxygen atoms in total. The number of aryl methyl sites for hydroxylation is 2. The molecule has 0 bridgehead atoms. The SMILES string of the molecule is Cc1ccc(NC(c2ccccc2)(c2ccccc2)c2ccccc2)cc1C. The first kappa shape index (κ1) is 18.1. The zero-order chi connectivity index (χ0) is 19.4. The van der Waals surface area contributed by atoms with Crippen LogP contribution in [0.25, 0.3) is 0 Å². The van der Waals surface area contributed by atoms with Gasteiger partial charge in [0.2, 0.25) is 0 Å². The summed E-state index contributed by atoms with van der Waals surface area (Å²) in [6.07, 6.45) is 0. The minimum atomic E-state index is -0.481. The number of hydrogen-bond donors (Lipinski definition) is 1. The van der Waals surface area contributed by atoms with E-state index in [1.54, 1.807) is 0 Å². The Morgan fingerprint density at radius 3 is 1.32 bits per heavy atom. The summed E-state index contributed by atoms with van der Waals surface area (Å²) >= 11 is 0. The fraction of sp³-hybridized carbons (Fsp3) is 0.111. The average molecular weight is 364 g/mol. The van der Waals surface area contributed by atoms with E-state index in [4.69, 9.17) is 0 Å². The van der Waals surface area contributed by atoms with Crippen molar-refractivity contribution in [3.63, 3.8) is 0 Å². The largest absolute Gasteiger partial charge is 0.368 e. The van der Waals surface area contributed by atoms with E-state index in [9.17, 15) is 0 Å². The van der Waals surface area contributed by atoms with Gasteiger partial charge >= 0.3 is 0 Å². The monoisotopic (exact) mass is 363 g/mol. The van der Waals surface area contributed by atoms with E-state index in [1.807, 2.05) is 0 Å². The van der Waals surface area contributed by atoms with Crippen LogP contribution in [-0.4, -0.2) is 0 Å². The van der Waals surface area contributed by atoms with E-state index in [1.165, 1.54) is 27.8 Å². The molecule has 0 saturated carbocycles. The van der Waals surface area contributed by atoms with Gasteiger partial charge in [0.05, 0.1) is 0 Å². The highest BCUT2D eigenvalue weighted by atomic mass is 15.0. The Balaban J connectivity index is 1.99. The lowest BCUT2D eigenvalue weighted by atomic mass is 9.76. The summed E-state index contributed by atoms with van der Waals surface area (Å²) in [5.41, 5.74) is 6.86. The Morgan fingerprint density at radius 2 is 0.929 bits per heavy atom. The quantitative estimate of drug-likeness (QED) is 0.389. The molecule has 0 atom stereocenters. The molecule has 0 saturated heterocycles.